The Balaban J connectivity index is 0.000000386. The molecule has 0 saturated heterocycles. The molecule has 1 N–H and O–H groups in total. The van der Waals surface area contributed by atoms with E-state index in [1.54, 1.807) is 0 Å². The lowest BCUT2D eigenvalue weighted by Gasteiger charge is -2.06. The van der Waals surface area contributed by atoms with Gasteiger partial charge < -0.3 is 19.6 Å². The molecule has 0 radical (unpaired) electrons. The van der Waals surface area contributed by atoms with Gasteiger partial charge in [-0.15, -0.1) is 10.1 Å². The van der Waals surface area contributed by atoms with Gasteiger partial charge in [0, 0.05) is 6.42 Å². The second-order valence-corrected chi connectivity index (χ2v) is 9.15. The van der Waals surface area contributed by atoms with Gasteiger partial charge in [0.05, 0.1) is 19.8 Å². The highest BCUT2D eigenvalue weighted by molar-refractivity contribution is 5.81. The van der Waals surface area contributed by atoms with Gasteiger partial charge in [-0.2, -0.15) is 0 Å². The molecule has 2 rings (SSSR count). The van der Waals surface area contributed by atoms with Crippen molar-refractivity contribution in [2.75, 3.05) is 26.4 Å². The predicted molar refractivity (Wildman–Crippen MR) is 147 cm³/mol. The van der Waals surface area contributed by atoms with Crippen LogP contribution in [0.1, 0.15) is 76.7 Å². The number of nitrogens with one attached hydrogen (secondary N) is 1. The SMILES string of the molecule is C/C=C\CCCC(=O)NCC(=O)OCCCCO[N+](=O)[O-].Cc1cccc(OCC/C=C/C2CCCC2)c1. The van der Waals surface area contributed by atoms with Crippen LogP contribution in [0.25, 0.3) is 0 Å². The molecule has 1 amide bonds. The number of allylic oxidation sites excluding steroid dienone is 3. The second-order valence-electron chi connectivity index (χ2n) is 9.15. The van der Waals surface area contributed by atoms with Gasteiger partial charge in [0.2, 0.25) is 5.91 Å². The van der Waals surface area contributed by atoms with E-state index >= 15 is 0 Å². The highest BCUT2D eigenvalue weighted by atomic mass is 16.9. The number of unbranched alkanes of at least 4 members (excludes halogenated alkanes) is 2. The Morgan fingerprint density at radius 3 is 2.55 bits per heavy atom. The molecule has 1 aromatic carbocycles. The minimum Gasteiger partial charge on any atom is -0.493 e. The quantitative estimate of drug-likeness (QED) is 0.0874. The number of rotatable bonds is 17. The molecule has 0 aliphatic heterocycles. The number of nitrogens with zero attached hydrogens (tertiary/aromatic N) is 1. The van der Waals surface area contributed by atoms with Crippen molar-refractivity contribution in [2.45, 2.75) is 78.1 Å². The van der Waals surface area contributed by atoms with Crippen molar-refractivity contribution in [2.24, 2.45) is 5.92 Å². The lowest BCUT2D eigenvalue weighted by atomic mass is 10.1. The first-order chi connectivity index (χ1) is 18.4. The Hall–Kier alpha value is -3.36. The first-order valence-electron chi connectivity index (χ1n) is 13.6. The summed E-state index contributed by atoms with van der Waals surface area (Å²) in [4.78, 5) is 36.6. The number of carbonyl (C=O) groups excluding carboxylic acids is 2. The van der Waals surface area contributed by atoms with E-state index < -0.39 is 11.1 Å². The average Bonchev–Trinajstić information content (AvgIpc) is 3.41. The molecule has 0 atom stereocenters. The van der Waals surface area contributed by atoms with E-state index in [-0.39, 0.29) is 25.7 Å². The summed E-state index contributed by atoms with van der Waals surface area (Å²) in [6.07, 6.45) is 18.0. The van der Waals surface area contributed by atoms with Gasteiger partial charge in [0.1, 0.15) is 12.3 Å². The van der Waals surface area contributed by atoms with E-state index in [1.165, 1.54) is 31.2 Å². The molecule has 9 nitrogen and oxygen atoms in total. The third kappa shape index (κ3) is 18.8. The van der Waals surface area contributed by atoms with Crippen LogP contribution in [0.2, 0.25) is 0 Å². The van der Waals surface area contributed by atoms with Crippen molar-refractivity contribution in [1.29, 1.82) is 0 Å². The average molecular weight is 533 g/mol. The zero-order valence-electron chi connectivity index (χ0n) is 22.9. The van der Waals surface area contributed by atoms with E-state index in [9.17, 15) is 19.7 Å². The molecule has 0 aromatic heterocycles. The molecule has 1 fully saturated rings. The standard InChI is InChI=1S/C16H22O.C13H22N2O6/c1-14-7-6-11-16(13-14)17-12-5-4-10-15-8-2-3-9-15;1-2-3-4-5-8-12(16)14-11-13(17)20-9-6-7-10-21-15(18)19/h4,6-7,10-11,13,15H,2-3,5,8-9,12H2,1H3;2-3H,4-11H2,1H3,(H,14,16)/b10-4+;3-2-. The number of hydrogen-bond donors (Lipinski definition) is 1. The van der Waals surface area contributed by atoms with Crippen LogP contribution in [0.3, 0.4) is 0 Å². The van der Waals surface area contributed by atoms with Crippen molar-refractivity contribution in [3.8, 4) is 5.75 Å². The topological polar surface area (TPSA) is 117 Å². The number of hydrogen-bond acceptors (Lipinski definition) is 7. The number of carbonyl (C=O) groups is 2. The monoisotopic (exact) mass is 532 g/mol. The lowest BCUT2D eigenvalue weighted by Crippen LogP contribution is -2.30. The van der Waals surface area contributed by atoms with Crippen LogP contribution in [0, 0.1) is 23.0 Å². The maximum Gasteiger partial charge on any atom is 0.325 e. The van der Waals surface area contributed by atoms with Crippen molar-refractivity contribution in [1.82, 2.24) is 5.32 Å². The fourth-order valence-corrected chi connectivity index (χ4v) is 3.77. The zero-order chi connectivity index (χ0) is 27.8. The van der Waals surface area contributed by atoms with Crippen LogP contribution in [-0.2, 0) is 19.2 Å². The molecule has 38 heavy (non-hydrogen) atoms. The van der Waals surface area contributed by atoms with Crippen LogP contribution < -0.4 is 10.1 Å². The van der Waals surface area contributed by atoms with Gasteiger partial charge in [0.25, 0.3) is 5.09 Å². The number of benzene rings is 1. The Morgan fingerprint density at radius 1 is 1.08 bits per heavy atom. The minimum atomic E-state index is -0.863. The Labute approximate surface area is 226 Å². The molecule has 212 valence electrons. The van der Waals surface area contributed by atoms with Gasteiger partial charge in [-0.25, -0.2) is 0 Å². The summed E-state index contributed by atoms with van der Waals surface area (Å²) in [6.45, 7) is 4.76. The molecule has 1 aliphatic carbocycles. The van der Waals surface area contributed by atoms with Crippen molar-refractivity contribution in [3.63, 3.8) is 0 Å². The van der Waals surface area contributed by atoms with Gasteiger partial charge in [-0.3, -0.25) is 9.59 Å². The van der Waals surface area contributed by atoms with Crippen LogP contribution in [0.15, 0.2) is 48.6 Å². The van der Waals surface area contributed by atoms with E-state index in [2.05, 4.69) is 41.4 Å². The zero-order valence-corrected chi connectivity index (χ0v) is 22.9. The minimum absolute atomic E-state index is 0.0203. The summed E-state index contributed by atoms with van der Waals surface area (Å²) in [5, 5.41) is 11.5. The molecule has 1 saturated carbocycles. The third-order valence-electron chi connectivity index (χ3n) is 5.79. The van der Waals surface area contributed by atoms with Crippen molar-refractivity contribution in [3.05, 3.63) is 64.2 Å². The normalized spacial score (nSPS) is 13.2. The Morgan fingerprint density at radius 2 is 1.84 bits per heavy atom. The van der Waals surface area contributed by atoms with Gasteiger partial charge in [-0.1, -0.05) is 49.3 Å². The molecule has 9 heteroatoms. The van der Waals surface area contributed by atoms with Crippen LogP contribution in [0.4, 0.5) is 0 Å². The summed E-state index contributed by atoms with van der Waals surface area (Å²) in [5.41, 5.74) is 1.25. The summed E-state index contributed by atoms with van der Waals surface area (Å²) in [6, 6.07) is 8.24. The highest BCUT2D eigenvalue weighted by Gasteiger charge is 2.10. The molecule has 0 unspecified atom stereocenters. The fraction of sp³-hybridized carbons (Fsp3) is 0.586. The molecule has 0 spiro atoms. The summed E-state index contributed by atoms with van der Waals surface area (Å²) in [5.74, 6) is 1.12. The molecular weight excluding hydrogens is 488 g/mol. The Kier molecular flexibility index (Phi) is 18.7. The van der Waals surface area contributed by atoms with Crippen LogP contribution in [-0.4, -0.2) is 43.3 Å². The second kappa shape index (κ2) is 21.7. The summed E-state index contributed by atoms with van der Waals surface area (Å²) < 4.78 is 10.6. The number of amides is 1. The third-order valence-corrected chi connectivity index (χ3v) is 5.79. The molecule has 1 aromatic rings. The molecule has 0 heterocycles. The van der Waals surface area contributed by atoms with Crippen molar-refractivity contribution < 1.29 is 29.0 Å². The predicted octanol–water partition coefficient (Wildman–Crippen LogP) is 5.89. The summed E-state index contributed by atoms with van der Waals surface area (Å²) in [7, 11) is 0. The molecule has 0 bridgehead atoms. The fourth-order valence-electron chi connectivity index (χ4n) is 3.77. The lowest BCUT2D eigenvalue weighted by molar-refractivity contribution is -0.757. The van der Waals surface area contributed by atoms with Gasteiger partial charge in [0.15, 0.2) is 0 Å². The van der Waals surface area contributed by atoms with E-state index in [0.29, 0.717) is 19.3 Å². The highest BCUT2D eigenvalue weighted by Crippen LogP contribution is 2.25. The van der Waals surface area contributed by atoms with Crippen molar-refractivity contribution >= 4 is 11.9 Å². The van der Waals surface area contributed by atoms with Crippen LogP contribution >= 0.6 is 0 Å². The molecule has 1 aliphatic rings. The van der Waals surface area contributed by atoms with E-state index in [1.807, 2.05) is 31.2 Å². The van der Waals surface area contributed by atoms with E-state index in [4.69, 9.17) is 9.47 Å². The summed E-state index contributed by atoms with van der Waals surface area (Å²) >= 11 is 0. The van der Waals surface area contributed by atoms with Crippen LogP contribution in [0.5, 0.6) is 5.75 Å². The maximum absolute atomic E-state index is 11.4. The maximum atomic E-state index is 11.4. The first kappa shape index (κ1) is 32.7. The molecular formula is C29H44N2O7. The number of esters is 1. The van der Waals surface area contributed by atoms with E-state index in [0.717, 1.165) is 37.5 Å². The Bertz CT molecular complexity index is 864. The number of ether oxygens (including phenoxy) is 2. The first-order valence-corrected chi connectivity index (χ1v) is 13.6. The van der Waals surface area contributed by atoms with Gasteiger partial charge in [-0.05, 0) is 82.4 Å². The number of aryl methyl sites for hydroxylation is 1. The smallest absolute Gasteiger partial charge is 0.325 e. The van der Waals surface area contributed by atoms with Gasteiger partial charge >= 0.3 is 5.97 Å². The largest absolute Gasteiger partial charge is 0.493 e.